The molecule has 0 bridgehead atoms. The summed E-state index contributed by atoms with van der Waals surface area (Å²) in [6.45, 7) is 2.39. The SMILES string of the molecule is CCNC(c1ccc(F)c(OC)c1)c1cccc(F)c1F. The number of hydrogen-bond donors (Lipinski definition) is 1. The molecule has 0 saturated heterocycles. The third-order valence-electron chi connectivity index (χ3n) is 3.21. The van der Waals surface area contributed by atoms with Crippen LogP contribution >= 0.6 is 0 Å². The quantitative estimate of drug-likeness (QED) is 0.905. The highest BCUT2D eigenvalue weighted by molar-refractivity contribution is 5.38. The number of halogens is 3. The topological polar surface area (TPSA) is 21.3 Å². The molecule has 0 aliphatic carbocycles. The van der Waals surface area contributed by atoms with Crippen LogP contribution in [0.15, 0.2) is 36.4 Å². The van der Waals surface area contributed by atoms with E-state index in [0.717, 1.165) is 6.07 Å². The molecule has 0 aliphatic heterocycles. The summed E-state index contributed by atoms with van der Waals surface area (Å²) in [4.78, 5) is 0. The summed E-state index contributed by atoms with van der Waals surface area (Å²) in [6.07, 6.45) is 0. The van der Waals surface area contributed by atoms with Gasteiger partial charge in [-0.25, -0.2) is 13.2 Å². The maximum Gasteiger partial charge on any atom is 0.165 e. The number of nitrogens with one attached hydrogen (secondary N) is 1. The molecule has 1 N–H and O–H groups in total. The molecule has 2 aromatic rings. The minimum Gasteiger partial charge on any atom is -0.494 e. The van der Waals surface area contributed by atoms with Gasteiger partial charge < -0.3 is 10.1 Å². The van der Waals surface area contributed by atoms with E-state index in [1.54, 1.807) is 0 Å². The van der Waals surface area contributed by atoms with Crippen molar-refractivity contribution in [1.29, 1.82) is 0 Å². The lowest BCUT2D eigenvalue weighted by Crippen LogP contribution is -2.23. The molecule has 0 aliphatic rings. The molecule has 0 spiro atoms. The molecule has 21 heavy (non-hydrogen) atoms. The highest BCUT2D eigenvalue weighted by Gasteiger charge is 2.20. The Labute approximate surface area is 121 Å². The minimum atomic E-state index is -0.913. The molecular formula is C16H16F3NO. The Hall–Kier alpha value is -2.01. The molecule has 0 saturated carbocycles. The second kappa shape index (κ2) is 6.63. The maximum atomic E-state index is 14.0. The lowest BCUT2D eigenvalue weighted by atomic mass is 9.97. The summed E-state index contributed by atoms with van der Waals surface area (Å²) < 4.78 is 45.8. The highest BCUT2D eigenvalue weighted by Crippen LogP contribution is 2.29. The summed E-state index contributed by atoms with van der Waals surface area (Å²) in [7, 11) is 1.35. The molecule has 0 fully saturated rings. The third-order valence-corrected chi connectivity index (χ3v) is 3.21. The average Bonchev–Trinajstić information content (AvgIpc) is 2.49. The number of methoxy groups -OCH3 is 1. The van der Waals surface area contributed by atoms with Crippen molar-refractivity contribution in [3.63, 3.8) is 0 Å². The molecular weight excluding hydrogens is 279 g/mol. The summed E-state index contributed by atoms with van der Waals surface area (Å²) in [5.41, 5.74) is 0.769. The van der Waals surface area contributed by atoms with E-state index in [-0.39, 0.29) is 11.3 Å². The Balaban J connectivity index is 2.50. The van der Waals surface area contributed by atoms with E-state index in [4.69, 9.17) is 4.74 Å². The zero-order chi connectivity index (χ0) is 15.4. The van der Waals surface area contributed by atoms with Gasteiger partial charge in [0.2, 0.25) is 0 Å². The molecule has 2 rings (SSSR count). The van der Waals surface area contributed by atoms with E-state index >= 15 is 0 Å². The van der Waals surface area contributed by atoms with Crippen molar-refractivity contribution in [3.05, 3.63) is 65.0 Å². The van der Waals surface area contributed by atoms with Crippen LogP contribution in [0.25, 0.3) is 0 Å². The van der Waals surface area contributed by atoms with Crippen LogP contribution in [-0.4, -0.2) is 13.7 Å². The van der Waals surface area contributed by atoms with Crippen LogP contribution in [0.5, 0.6) is 5.75 Å². The molecule has 2 aromatic carbocycles. The Morgan fingerprint density at radius 1 is 1.10 bits per heavy atom. The molecule has 1 atom stereocenters. The summed E-state index contributed by atoms with van der Waals surface area (Å²) in [5.74, 6) is -2.26. The molecule has 0 radical (unpaired) electrons. The fraction of sp³-hybridized carbons (Fsp3) is 0.250. The van der Waals surface area contributed by atoms with Gasteiger partial charge in [-0.05, 0) is 30.3 Å². The third kappa shape index (κ3) is 3.19. The lowest BCUT2D eigenvalue weighted by Gasteiger charge is -2.20. The first-order chi connectivity index (χ1) is 10.1. The van der Waals surface area contributed by atoms with E-state index in [0.29, 0.717) is 12.1 Å². The molecule has 1 unspecified atom stereocenters. The van der Waals surface area contributed by atoms with Crippen LogP contribution in [0, 0.1) is 17.5 Å². The van der Waals surface area contributed by atoms with Crippen molar-refractivity contribution in [2.24, 2.45) is 0 Å². The Kier molecular flexibility index (Phi) is 4.85. The van der Waals surface area contributed by atoms with E-state index < -0.39 is 23.5 Å². The molecule has 112 valence electrons. The normalized spacial score (nSPS) is 12.2. The van der Waals surface area contributed by atoms with Gasteiger partial charge in [-0.2, -0.15) is 0 Å². The van der Waals surface area contributed by atoms with Crippen molar-refractivity contribution < 1.29 is 17.9 Å². The second-order valence-electron chi connectivity index (χ2n) is 4.53. The van der Waals surface area contributed by atoms with Gasteiger partial charge in [-0.1, -0.05) is 25.1 Å². The molecule has 0 heterocycles. The smallest absolute Gasteiger partial charge is 0.165 e. The van der Waals surface area contributed by atoms with Gasteiger partial charge in [0.25, 0.3) is 0 Å². The predicted octanol–water partition coefficient (Wildman–Crippen LogP) is 3.81. The van der Waals surface area contributed by atoms with Gasteiger partial charge >= 0.3 is 0 Å². The van der Waals surface area contributed by atoms with Crippen molar-refractivity contribution in [2.45, 2.75) is 13.0 Å². The van der Waals surface area contributed by atoms with Crippen LogP contribution in [-0.2, 0) is 0 Å². The molecule has 5 heteroatoms. The molecule has 2 nitrogen and oxygen atoms in total. The van der Waals surface area contributed by atoms with E-state index in [1.807, 2.05) is 6.92 Å². The zero-order valence-corrected chi connectivity index (χ0v) is 11.8. The van der Waals surface area contributed by atoms with Gasteiger partial charge in [-0.15, -0.1) is 0 Å². The van der Waals surface area contributed by atoms with Gasteiger partial charge in [0.1, 0.15) is 0 Å². The van der Waals surface area contributed by atoms with Crippen molar-refractivity contribution in [3.8, 4) is 5.75 Å². The van der Waals surface area contributed by atoms with Crippen LogP contribution in [0.4, 0.5) is 13.2 Å². The first-order valence-electron chi connectivity index (χ1n) is 6.59. The van der Waals surface area contributed by atoms with Gasteiger partial charge in [0, 0.05) is 5.56 Å². The van der Waals surface area contributed by atoms with Crippen molar-refractivity contribution >= 4 is 0 Å². The first kappa shape index (κ1) is 15.4. The van der Waals surface area contributed by atoms with Crippen LogP contribution in [0.3, 0.4) is 0 Å². The van der Waals surface area contributed by atoms with Gasteiger partial charge in [-0.3, -0.25) is 0 Å². The van der Waals surface area contributed by atoms with E-state index in [1.165, 1.54) is 37.4 Å². The fourth-order valence-electron chi connectivity index (χ4n) is 2.21. The Morgan fingerprint density at radius 2 is 1.86 bits per heavy atom. The van der Waals surface area contributed by atoms with Crippen LogP contribution in [0.1, 0.15) is 24.1 Å². The number of hydrogen-bond acceptors (Lipinski definition) is 2. The van der Waals surface area contributed by atoms with Gasteiger partial charge in [0.15, 0.2) is 23.2 Å². The standard InChI is InChI=1S/C16H16F3NO/c1-3-20-16(11-5-4-6-13(18)15(11)19)10-7-8-12(17)14(9-10)21-2/h4-9,16,20H,3H2,1-2H3. The largest absolute Gasteiger partial charge is 0.494 e. The molecule has 0 aromatic heterocycles. The number of ether oxygens (including phenoxy) is 1. The average molecular weight is 295 g/mol. The minimum absolute atomic E-state index is 0.0622. The highest BCUT2D eigenvalue weighted by atomic mass is 19.2. The number of rotatable bonds is 5. The second-order valence-corrected chi connectivity index (χ2v) is 4.53. The Bertz CT molecular complexity index is 631. The summed E-state index contributed by atoms with van der Waals surface area (Å²) in [6, 6.07) is 7.67. The monoisotopic (exact) mass is 295 g/mol. The summed E-state index contributed by atoms with van der Waals surface area (Å²) >= 11 is 0. The lowest BCUT2D eigenvalue weighted by molar-refractivity contribution is 0.385. The Morgan fingerprint density at radius 3 is 2.52 bits per heavy atom. The van der Waals surface area contributed by atoms with Crippen LogP contribution < -0.4 is 10.1 Å². The van der Waals surface area contributed by atoms with Gasteiger partial charge in [0.05, 0.1) is 13.2 Å². The van der Waals surface area contributed by atoms with Crippen LogP contribution in [0.2, 0.25) is 0 Å². The summed E-state index contributed by atoms with van der Waals surface area (Å²) in [5, 5.41) is 3.07. The predicted molar refractivity (Wildman–Crippen MR) is 74.8 cm³/mol. The van der Waals surface area contributed by atoms with Crippen molar-refractivity contribution in [1.82, 2.24) is 5.32 Å². The fourth-order valence-corrected chi connectivity index (χ4v) is 2.21. The zero-order valence-electron chi connectivity index (χ0n) is 11.8. The van der Waals surface area contributed by atoms with E-state index in [2.05, 4.69) is 5.32 Å². The maximum absolute atomic E-state index is 14.0. The number of benzene rings is 2. The van der Waals surface area contributed by atoms with E-state index in [9.17, 15) is 13.2 Å². The molecule has 0 amide bonds. The first-order valence-corrected chi connectivity index (χ1v) is 6.59. The van der Waals surface area contributed by atoms with Crippen molar-refractivity contribution in [2.75, 3.05) is 13.7 Å².